The van der Waals surface area contributed by atoms with Crippen LogP contribution in [-0.2, 0) is 6.42 Å². The SMILES string of the molecule is Clc1cc2c(s1)CCCC2Nc1cccc(Cl)c1Br. The molecule has 1 aliphatic carbocycles. The van der Waals surface area contributed by atoms with E-state index in [1.54, 1.807) is 11.3 Å². The van der Waals surface area contributed by atoms with Gasteiger partial charge in [-0.3, -0.25) is 0 Å². The van der Waals surface area contributed by atoms with Crippen LogP contribution in [0.1, 0.15) is 29.3 Å². The Kier molecular flexibility index (Phi) is 4.08. The molecule has 5 heteroatoms. The lowest BCUT2D eigenvalue weighted by Gasteiger charge is -2.25. The average Bonchev–Trinajstić information content (AvgIpc) is 2.76. The molecule has 0 spiro atoms. The van der Waals surface area contributed by atoms with Crippen LogP contribution in [0.2, 0.25) is 9.36 Å². The molecule has 1 nitrogen and oxygen atoms in total. The molecule has 0 bridgehead atoms. The summed E-state index contributed by atoms with van der Waals surface area (Å²) in [4.78, 5) is 1.41. The van der Waals surface area contributed by atoms with E-state index in [-0.39, 0.29) is 0 Å². The molecule has 1 aliphatic rings. The largest absolute Gasteiger partial charge is 0.377 e. The van der Waals surface area contributed by atoms with E-state index in [2.05, 4.69) is 27.3 Å². The fourth-order valence-corrected chi connectivity index (χ4v) is 4.41. The van der Waals surface area contributed by atoms with Crippen LogP contribution in [0.5, 0.6) is 0 Å². The molecule has 2 aromatic rings. The van der Waals surface area contributed by atoms with Crippen LogP contribution in [0.4, 0.5) is 5.69 Å². The number of thiophene rings is 1. The van der Waals surface area contributed by atoms with Crippen molar-refractivity contribution in [1.29, 1.82) is 0 Å². The average molecular weight is 377 g/mol. The number of nitrogens with one attached hydrogen (secondary N) is 1. The maximum Gasteiger partial charge on any atom is 0.0934 e. The van der Waals surface area contributed by atoms with Gasteiger partial charge in [0.15, 0.2) is 0 Å². The summed E-state index contributed by atoms with van der Waals surface area (Å²) in [6.07, 6.45) is 3.46. The summed E-state index contributed by atoms with van der Waals surface area (Å²) in [7, 11) is 0. The zero-order valence-corrected chi connectivity index (χ0v) is 14.0. The number of anilines is 1. The van der Waals surface area contributed by atoms with Gasteiger partial charge in [-0.1, -0.05) is 29.3 Å². The monoisotopic (exact) mass is 375 g/mol. The van der Waals surface area contributed by atoms with Crippen molar-refractivity contribution in [3.8, 4) is 0 Å². The molecule has 1 heterocycles. The van der Waals surface area contributed by atoms with E-state index in [1.165, 1.54) is 16.9 Å². The molecule has 1 unspecified atom stereocenters. The van der Waals surface area contributed by atoms with Gasteiger partial charge in [0, 0.05) is 4.88 Å². The predicted molar refractivity (Wildman–Crippen MR) is 87.8 cm³/mol. The van der Waals surface area contributed by atoms with E-state index in [4.69, 9.17) is 23.2 Å². The van der Waals surface area contributed by atoms with Crippen LogP contribution in [-0.4, -0.2) is 0 Å². The van der Waals surface area contributed by atoms with Gasteiger partial charge < -0.3 is 5.32 Å². The topological polar surface area (TPSA) is 12.0 Å². The van der Waals surface area contributed by atoms with E-state index in [1.807, 2.05) is 18.2 Å². The Hall–Kier alpha value is -0.220. The van der Waals surface area contributed by atoms with Crippen LogP contribution < -0.4 is 5.32 Å². The number of benzene rings is 1. The highest BCUT2D eigenvalue weighted by Gasteiger charge is 2.23. The fraction of sp³-hybridized carbons (Fsp3) is 0.286. The van der Waals surface area contributed by atoms with Crippen LogP contribution >= 0.6 is 50.5 Å². The van der Waals surface area contributed by atoms with Gasteiger partial charge in [-0.2, -0.15) is 0 Å². The van der Waals surface area contributed by atoms with Crippen LogP contribution in [0, 0.1) is 0 Å². The third kappa shape index (κ3) is 2.80. The zero-order valence-electron chi connectivity index (χ0n) is 10.1. The number of hydrogen-bond donors (Lipinski definition) is 1. The highest BCUT2D eigenvalue weighted by atomic mass is 79.9. The summed E-state index contributed by atoms with van der Waals surface area (Å²) in [5, 5.41) is 4.30. The molecule has 1 N–H and O–H groups in total. The van der Waals surface area contributed by atoms with Gasteiger partial charge in [0.25, 0.3) is 0 Å². The standard InChI is InChI=1S/C14H12BrCl2NS/c15-14-9(16)3-1-5-11(14)18-10-4-2-6-12-8(10)7-13(17)19-12/h1,3,5,7,10,18H,2,4,6H2. The first-order valence-corrected chi connectivity index (χ1v) is 8.50. The molecule has 0 radical (unpaired) electrons. The molecule has 100 valence electrons. The maximum atomic E-state index is 6.14. The lowest BCUT2D eigenvalue weighted by atomic mass is 9.94. The third-order valence-corrected chi connectivity index (χ3v) is 6.10. The smallest absolute Gasteiger partial charge is 0.0934 e. The second kappa shape index (κ2) is 5.65. The first-order chi connectivity index (χ1) is 9.15. The van der Waals surface area contributed by atoms with Crippen molar-refractivity contribution in [2.45, 2.75) is 25.3 Å². The van der Waals surface area contributed by atoms with Crippen molar-refractivity contribution in [2.75, 3.05) is 5.32 Å². The molecule has 0 amide bonds. The number of rotatable bonds is 2. The maximum absolute atomic E-state index is 6.14. The molecule has 0 saturated heterocycles. The zero-order chi connectivity index (χ0) is 13.4. The highest BCUT2D eigenvalue weighted by Crippen LogP contribution is 2.41. The highest BCUT2D eigenvalue weighted by molar-refractivity contribution is 9.10. The summed E-state index contributed by atoms with van der Waals surface area (Å²) >= 11 is 17.5. The molecule has 0 saturated carbocycles. The first-order valence-electron chi connectivity index (χ1n) is 6.14. The Bertz CT molecular complexity index is 611. The second-order valence-corrected chi connectivity index (χ2v) is 7.59. The third-order valence-electron chi connectivity index (χ3n) is 3.37. The summed E-state index contributed by atoms with van der Waals surface area (Å²) in [5.41, 5.74) is 2.38. The molecule has 0 aliphatic heterocycles. The normalized spacial score (nSPS) is 18.2. The van der Waals surface area contributed by atoms with Crippen LogP contribution in [0.25, 0.3) is 0 Å². The molecule has 0 fully saturated rings. The van der Waals surface area contributed by atoms with E-state index in [0.29, 0.717) is 6.04 Å². The fourth-order valence-electron chi connectivity index (χ4n) is 2.47. The minimum absolute atomic E-state index is 0.322. The molecule has 3 rings (SSSR count). The second-order valence-electron chi connectivity index (χ2n) is 4.62. The minimum atomic E-state index is 0.322. The summed E-state index contributed by atoms with van der Waals surface area (Å²) in [6.45, 7) is 0. The summed E-state index contributed by atoms with van der Waals surface area (Å²) in [5.74, 6) is 0. The van der Waals surface area contributed by atoms with Crippen molar-refractivity contribution in [1.82, 2.24) is 0 Å². The van der Waals surface area contributed by atoms with E-state index in [0.717, 1.165) is 32.4 Å². The van der Waals surface area contributed by atoms with E-state index < -0.39 is 0 Å². The first kappa shape index (κ1) is 13.7. The van der Waals surface area contributed by atoms with Crippen molar-refractivity contribution >= 4 is 56.2 Å². The minimum Gasteiger partial charge on any atom is -0.377 e. The van der Waals surface area contributed by atoms with Gasteiger partial charge in [-0.15, -0.1) is 11.3 Å². The number of aryl methyl sites for hydroxylation is 1. The van der Waals surface area contributed by atoms with Gasteiger partial charge in [-0.25, -0.2) is 0 Å². The Balaban J connectivity index is 1.90. The van der Waals surface area contributed by atoms with Gasteiger partial charge in [0.1, 0.15) is 0 Å². The lowest BCUT2D eigenvalue weighted by Crippen LogP contribution is -2.15. The Morgan fingerprint density at radius 3 is 3.00 bits per heavy atom. The quantitative estimate of drug-likeness (QED) is 0.647. The molecule has 1 aromatic carbocycles. The van der Waals surface area contributed by atoms with Crippen molar-refractivity contribution < 1.29 is 0 Å². The van der Waals surface area contributed by atoms with Crippen molar-refractivity contribution in [2.24, 2.45) is 0 Å². The van der Waals surface area contributed by atoms with E-state index >= 15 is 0 Å². The number of halogens is 3. The molecule has 1 atom stereocenters. The van der Waals surface area contributed by atoms with Crippen molar-refractivity contribution in [3.63, 3.8) is 0 Å². The Labute approximate surface area is 135 Å². The van der Waals surface area contributed by atoms with Gasteiger partial charge >= 0.3 is 0 Å². The van der Waals surface area contributed by atoms with Crippen molar-refractivity contribution in [3.05, 3.63) is 48.5 Å². The molecule has 1 aromatic heterocycles. The molecule has 19 heavy (non-hydrogen) atoms. The van der Waals surface area contributed by atoms with Crippen LogP contribution in [0.3, 0.4) is 0 Å². The number of hydrogen-bond acceptors (Lipinski definition) is 2. The summed E-state index contributed by atoms with van der Waals surface area (Å²) < 4.78 is 1.80. The molecular weight excluding hydrogens is 365 g/mol. The summed E-state index contributed by atoms with van der Waals surface area (Å²) in [6, 6.07) is 8.29. The predicted octanol–water partition coefficient (Wildman–Crippen LogP) is 6.31. The Morgan fingerprint density at radius 2 is 2.16 bits per heavy atom. The Morgan fingerprint density at radius 1 is 1.32 bits per heavy atom. The van der Waals surface area contributed by atoms with E-state index in [9.17, 15) is 0 Å². The van der Waals surface area contributed by atoms with Gasteiger partial charge in [-0.05, 0) is 59.0 Å². The van der Waals surface area contributed by atoms with Gasteiger partial charge in [0.05, 0.1) is 25.6 Å². The number of fused-ring (bicyclic) bond motifs is 1. The molecular formula is C14H12BrCl2NS. The lowest BCUT2D eigenvalue weighted by molar-refractivity contribution is 0.608. The van der Waals surface area contributed by atoms with Crippen LogP contribution in [0.15, 0.2) is 28.7 Å². The van der Waals surface area contributed by atoms with Gasteiger partial charge in [0.2, 0.25) is 0 Å².